The van der Waals surface area contributed by atoms with Crippen LogP contribution in [0.2, 0.25) is 0 Å². The highest BCUT2D eigenvalue weighted by atomic mass is 32.2. The largest absolute Gasteiger partial charge is 0.302 e. The fraction of sp³-hybridized carbons (Fsp3) is 0.615. The molecule has 0 saturated heterocycles. The van der Waals surface area contributed by atoms with E-state index in [4.69, 9.17) is 0 Å². The van der Waals surface area contributed by atoms with Gasteiger partial charge in [-0.2, -0.15) is 0 Å². The second-order valence-electron chi connectivity index (χ2n) is 5.57. The van der Waals surface area contributed by atoms with E-state index >= 15 is 0 Å². The molecule has 2 heterocycles. The Balaban J connectivity index is 1.51. The lowest BCUT2D eigenvalue weighted by molar-refractivity contribution is 0.593. The quantitative estimate of drug-likeness (QED) is 0.575. The molecule has 0 aliphatic heterocycles. The number of tetrazole rings is 1. The van der Waals surface area contributed by atoms with Crippen molar-refractivity contribution in [3.05, 3.63) is 24.3 Å². The maximum Gasteiger partial charge on any atom is 0.191 e. The first-order valence-electron chi connectivity index (χ1n) is 7.30. The Morgan fingerprint density at radius 2 is 2.05 bits per heavy atom. The molecule has 0 amide bonds. The Labute approximate surface area is 126 Å². The molecule has 8 heteroatoms. The summed E-state index contributed by atoms with van der Waals surface area (Å²) < 4.78 is 4.11. The van der Waals surface area contributed by atoms with Crippen LogP contribution in [0.3, 0.4) is 0 Å². The number of rotatable bonds is 7. The molecule has 0 spiro atoms. The van der Waals surface area contributed by atoms with E-state index in [0.29, 0.717) is 12.0 Å². The molecule has 0 atom stereocenters. The summed E-state index contributed by atoms with van der Waals surface area (Å²) in [5, 5.41) is 21.6. The molecule has 2 aromatic heterocycles. The van der Waals surface area contributed by atoms with E-state index in [2.05, 4.69) is 36.9 Å². The first kappa shape index (κ1) is 13.0. The Morgan fingerprint density at radius 1 is 1.19 bits per heavy atom. The Hall–Kier alpha value is -1.70. The Bertz CT molecular complexity index is 653. The zero-order valence-corrected chi connectivity index (χ0v) is 12.5. The molecule has 0 N–H and O–H groups in total. The Kier molecular flexibility index (Phi) is 3.25. The number of hydrogen-bond acceptors (Lipinski definition) is 6. The molecule has 2 aliphatic carbocycles. The third-order valence-corrected chi connectivity index (χ3v) is 4.75. The lowest BCUT2D eigenvalue weighted by Gasteiger charge is -2.06. The maximum absolute atomic E-state index is 4.35. The SMILES string of the molecule is C=CCn1c(SCc2nnnn2C2CC2)nnc1C1CC1. The molecule has 0 radical (unpaired) electrons. The summed E-state index contributed by atoms with van der Waals surface area (Å²) in [7, 11) is 0. The van der Waals surface area contributed by atoms with Crippen LogP contribution in [0.15, 0.2) is 17.8 Å². The van der Waals surface area contributed by atoms with Gasteiger partial charge in [0.25, 0.3) is 0 Å². The molecular formula is C13H17N7S. The molecule has 0 bridgehead atoms. The van der Waals surface area contributed by atoms with Crippen LogP contribution in [-0.2, 0) is 12.3 Å². The van der Waals surface area contributed by atoms with E-state index in [1.807, 2.05) is 10.8 Å². The van der Waals surface area contributed by atoms with Crippen LogP contribution in [0.5, 0.6) is 0 Å². The van der Waals surface area contributed by atoms with Crippen LogP contribution in [0, 0.1) is 0 Å². The number of allylic oxidation sites excluding steroid dienone is 1. The summed E-state index contributed by atoms with van der Waals surface area (Å²) in [6.07, 6.45) is 6.70. The highest BCUT2D eigenvalue weighted by Crippen LogP contribution is 2.40. The van der Waals surface area contributed by atoms with Gasteiger partial charge in [0.15, 0.2) is 11.0 Å². The van der Waals surface area contributed by atoms with Crippen LogP contribution in [0.1, 0.15) is 49.3 Å². The van der Waals surface area contributed by atoms with Crippen molar-refractivity contribution in [2.45, 2.75) is 55.1 Å². The molecule has 0 unspecified atom stereocenters. The molecule has 110 valence electrons. The van der Waals surface area contributed by atoms with Crippen LogP contribution < -0.4 is 0 Å². The van der Waals surface area contributed by atoms with Crippen LogP contribution in [-0.4, -0.2) is 35.0 Å². The second-order valence-corrected chi connectivity index (χ2v) is 6.52. The topological polar surface area (TPSA) is 74.3 Å². The summed E-state index contributed by atoms with van der Waals surface area (Å²) in [6, 6.07) is 0.503. The molecule has 2 saturated carbocycles. The molecule has 2 fully saturated rings. The van der Waals surface area contributed by atoms with E-state index < -0.39 is 0 Å². The fourth-order valence-corrected chi connectivity index (χ4v) is 3.26. The number of thioether (sulfide) groups is 1. The van der Waals surface area contributed by atoms with Gasteiger partial charge in [-0.3, -0.25) is 0 Å². The van der Waals surface area contributed by atoms with Gasteiger partial charge in [0, 0.05) is 12.5 Å². The van der Waals surface area contributed by atoms with E-state index in [-0.39, 0.29) is 0 Å². The average Bonchev–Trinajstić information content (AvgIpc) is 3.42. The lowest BCUT2D eigenvalue weighted by Crippen LogP contribution is -2.05. The van der Waals surface area contributed by atoms with Gasteiger partial charge in [0.05, 0.1) is 11.8 Å². The molecular weight excluding hydrogens is 286 g/mol. The van der Waals surface area contributed by atoms with Gasteiger partial charge in [-0.15, -0.1) is 21.9 Å². The maximum atomic E-state index is 4.35. The van der Waals surface area contributed by atoms with Crippen molar-refractivity contribution < 1.29 is 0 Å². The minimum Gasteiger partial charge on any atom is -0.302 e. The van der Waals surface area contributed by atoms with E-state index in [1.165, 1.54) is 25.7 Å². The highest BCUT2D eigenvalue weighted by molar-refractivity contribution is 7.98. The molecule has 7 nitrogen and oxygen atoms in total. The lowest BCUT2D eigenvalue weighted by atomic mass is 10.4. The molecule has 21 heavy (non-hydrogen) atoms. The number of nitrogens with zero attached hydrogens (tertiary/aromatic N) is 7. The zero-order valence-electron chi connectivity index (χ0n) is 11.7. The van der Waals surface area contributed by atoms with Crippen LogP contribution >= 0.6 is 11.8 Å². The van der Waals surface area contributed by atoms with Crippen molar-refractivity contribution in [3.8, 4) is 0 Å². The smallest absolute Gasteiger partial charge is 0.191 e. The third kappa shape index (κ3) is 2.59. The van der Waals surface area contributed by atoms with E-state index in [0.717, 1.165) is 29.1 Å². The summed E-state index contributed by atoms with van der Waals surface area (Å²) in [6.45, 7) is 4.59. The number of hydrogen-bond donors (Lipinski definition) is 0. The van der Waals surface area contributed by atoms with Crippen molar-refractivity contribution in [2.75, 3.05) is 0 Å². The molecule has 0 aromatic carbocycles. The summed E-state index contributed by atoms with van der Waals surface area (Å²) in [5.74, 6) is 3.33. The minimum atomic E-state index is 0.503. The summed E-state index contributed by atoms with van der Waals surface area (Å²) in [5.41, 5.74) is 0. The van der Waals surface area contributed by atoms with Crippen molar-refractivity contribution >= 4 is 11.8 Å². The van der Waals surface area contributed by atoms with E-state index in [9.17, 15) is 0 Å². The normalized spacial score (nSPS) is 18.1. The van der Waals surface area contributed by atoms with Crippen molar-refractivity contribution in [2.24, 2.45) is 0 Å². The number of aromatic nitrogens is 7. The first-order valence-corrected chi connectivity index (χ1v) is 8.29. The van der Waals surface area contributed by atoms with Gasteiger partial charge in [-0.25, -0.2) is 4.68 Å². The molecule has 2 aromatic rings. The van der Waals surface area contributed by atoms with Crippen LogP contribution in [0.4, 0.5) is 0 Å². The second kappa shape index (κ2) is 5.25. The van der Waals surface area contributed by atoms with Gasteiger partial charge in [-0.05, 0) is 36.1 Å². The standard InChI is InChI=1S/C13H17N7S/c1-2-7-19-12(9-3-4-9)15-16-13(19)21-8-11-14-17-18-20(11)10-5-6-10/h2,9-10H,1,3-8H2. The van der Waals surface area contributed by atoms with Crippen molar-refractivity contribution in [1.82, 2.24) is 35.0 Å². The highest BCUT2D eigenvalue weighted by Gasteiger charge is 2.31. The monoisotopic (exact) mass is 303 g/mol. The molecule has 4 rings (SSSR count). The fourth-order valence-electron chi connectivity index (χ4n) is 2.39. The average molecular weight is 303 g/mol. The summed E-state index contributed by atoms with van der Waals surface area (Å²) >= 11 is 1.65. The summed E-state index contributed by atoms with van der Waals surface area (Å²) in [4.78, 5) is 0. The van der Waals surface area contributed by atoms with Crippen molar-refractivity contribution in [1.29, 1.82) is 0 Å². The Morgan fingerprint density at radius 3 is 2.76 bits per heavy atom. The molecule has 2 aliphatic rings. The van der Waals surface area contributed by atoms with Gasteiger partial charge in [0.1, 0.15) is 5.82 Å². The predicted octanol–water partition coefficient (Wildman–Crippen LogP) is 1.96. The predicted molar refractivity (Wildman–Crippen MR) is 77.8 cm³/mol. The zero-order chi connectivity index (χ0) is 14.2. The van der Waals surface area contributed by atoms with Gasteiger partial charge in [0.2, 0.25) is 0 Å². The van der Waals surface area contributed by atoms with Gasteiger partial charge < -0.3 is 4.57 Å². The minimum absolute atomic E-state index is 0.503. The van der Waals surface area contributed by atoms with E-state index in [1.54, 1.807) is 11.8 Å². The first-order chi connectivity index (χ1) is 10.4. The van der Waals surface area contributed by atoms with Gasteiger partial charge >= 0.3 is 0 Å². The van der Waals surface area contributed by atoms with Gasteiger partial charge in [-0.1, -0.05) is 17.8 Å². The van der Waals surface area contributed by atoms with Crippen LogP contribution in [0.25, 0.3) is 0 Å². The third-order valence-electron chi connectivity index (χ3n) is 3.78. The van der Waals surface area contributed by atoms with Crippen molar-refractivity contribution in [3.63, 3.8) is 0 Å².